The molecule has 0 spiro atoms. The van der Waals surface area contributed by atoms with Gasteiger partial charge in [-0.15, -0.1) is 0 Å². The first-order valence-electron chi connectivity index (χ1n) is 8.15. The lowest BCUT2D eigenvalue weighted by Crippen LogP contribution is -2.30. The molecule has 24 heavy (non-hydrogen) atoms. The third-order valence-corrected chi connectivity index (χ3v) is 3.70. The highest BCUT2D eigenvalue weighted by atomic mass is 16.5. The fourth-order valence-electron chi connectivity index (χ4n) is 2.04. The molecule has 2 aromatic rings. The van der Waals surface area contributed by atoms with Crippen LogP contribution in [-0.2, 0) is 0 Å². The number of guanidine groups is 1. The van der Waals surface area contributed by atoms with E-state index in [9.17, 15) is 0 Å². The molecule has 0 aromatic heterocycles. The number of nitrogens with one attached hydrogen (secondary N) is 1. The first kappa shape index (κ1) is 17.8. The maximum atomic E-state index is 5.95. The molecular weight excluding hydrogens is 300 g/mol. The van der Waals surface area contributed by atoms with Crippen molar-refractivity contribution in [3.8, 4) is 11.5 Å². The van der Waals surface area contributed by atoms with Crippen LogP contribution in [0.25, 0.3) is 0 Å². The van der Waals surface area contributed by atoms with Crippen LogP contribution < -0.4 is 15.8 Å². The Morgan fingerprint density at radius 1 is 1.12 bits per heavy atom. The highest BCUT2D eigenvalue weighted by Crippen LogP contribution is 2.23. The summed E-state index contributed by atoms with van der Waals surface area (Å²) in [5.74, 6) is 1.95. The summed E-state index contributed by atoms with van der Waals surface area (Å²) in [6, 6.07) is 17.8. The smallest absolute Gasteiger partial charge is 0.193 e. The summed E-state index contributed by atoms with van der Waals surface area (Å²) in [6.07, 6.45) is 0. The normalized spacial score (nSPS) is 11.8. The summed E-state index contributed by atoms with van der Waals surface area (Å²) in [6.45, 7) is 5.85. The van der Waals surface area contributed by atoms with Gasteiger partial charge >= 0.3 is 0 Å². The Balaban J connectivity index is 1.91. The second kappa shape index (κ2) is 8.93. The van der Waals surface area contributed by atoms with E-state index < -0.39 is 0 Å². The molecule has 0 aliphatic rings. The monoisotopic (exact) mass is 326 g/mol. The Morgan fingerprint density at radius 3 is 2.54 bits per heavy atom. The van der Waals surface area contributed by atoms with Crippen molar-refractivity contribution < 1.29 is 4.74 Å². The summed E-state index contributed by atoms with van der Waals surface area (Å²) in [7, 11) is 2.08. The fraction of sp³-hybridized carbons (Fsp3) is 0.316. The minimum absolute atomic E-state index is 0.406. The van der Waals surface area contributed by atoms with Crippen LogP contribution in [0.1, 0.15) is 13.8 Å². The number of hydrogen-bond acceptors (Lipinski definition) is 3. The van der Waals surface area contributed by atoms with E-state index in [0.29, 0.717) is 18.5 Å². The quantitative estimate of drug-likeness (QED) is 0.603. The molecule has 0 saturated heterocycles. The first-order valence-corrected chi connectivity index (χ1v) is 8.15. The van der Waals surface area contributed by atoms with E-state index in [1.54, 1.807) is 0 Å². The summed E-state index contributed by atoms with van der Waals surface area (Å²) >= 11 is 0. The zero-order valence-corrected chi connectivity index (χ0v) is 14.6. The van der Waals surface area contributed by atoms with Crippen LogP contribution >= 0.6 is 0 Å². The predicted octanol–water partition coefficient (Wildman–Crippen LogP) is 3.55. The van der Waals surface area contributed by atoms with Gasteiger partial charge in [-0.05, 0) is 45.2 Å². The number of hydrogen-bond donors (Lipinski definition) is 2. The molecule has 2 rings (SSSR count). The van der Waals surface area contributed by atoms with Gasteiger partial charge in [0.05, 0.1) is 6.54 Å². The lowest BCUT2D eigenvalue weighted by molar-refractivity contribution is 0.282. The van der Waals surface area contributed by atoms with E-state index in [1.165, 1.54) is 0 Å². The number of benzene rings is 2. The number of ether oxygens (including phenoxy) is 1. The Bertz CT molecular complexity index is 655. The molecule has 0 fully saturated rings. The van der Waals surface area contributed by atoms with Gasteiger partial charge in [-0.3, -0.25) is 4.99 Å². The molecule has 0 unspecified atom stereocenters. The standard InChI is InChI=1S/C19H26N4O/c1-15(2)23(3)13-12-21-19(20)22-16-8-7-11-18(14-16)24-17-9-5-4-6-10-17/h4-11,14-15H,12-13H2,1-3H3,(H3,20,21,22). The topological polar surface area (TPSA) is 62.9 Å². The number of likely N-dealkylation sites (N-methyl/N-ethyl adjacent to an activating group) is 1. The maximum Gasteiger partial charge on any atom is 0.193 e. The Morgan fingerprint density at radius 2 is 1.83 bits per heavy atom. The van der Waals surface area contributed by atoms with Crippen LogP contribution in [0.2, 0.25) is 0 Å². The van der Waals surface area contributed by atoms with Crippen molar-refractivity contribution >= 4 is 11.6 Å². The molecule has 0 radical (unpaired) electrons. The van der Waals surface area contributed by atoms with Crippen molar-refractivity contribution in [3.63, 3.8) is 0 Å². The van der Waals surface area contributed by atoms with Gasteiger partial charge in [-0.25, -0.2) is 0 Å². The summed E-state index contributed by atoms with van der Waals surface area (Å²) in [5.41, 5.74) is 6.80. The number of aliphatic imine (C=N–C) groups is 1. The van der Waals surface area contributed by atoms with Gasteiger partial charge in [0, 0.05) is 24.3 Å². The zero-order chi connectivity index (χ0) is 17.4. The molecule has 2 aromatic carbocycles. The number of nitrogens with two attached hydrogens (primary N) is 1. The largest absolute Gasteiger partial charge is 0.457 e. The van der Waals surface area contributed by atoms with Gasteiger partial charge in [0.15, 0.2) is 5.96 Å². The molecule has 0 saturated carbocycles. The van der Waals surface area contributed by atoms with Crippen LogP contribution in [0.15, 0.2) is 59.6 Å². The molecule has 3 N–H and O–H groups in total. The molecule has 0 aliphatic carbocycles. The molecule has 128 valence electrons. The van der Waals surface area contributed by atoms with Crippen LogP contribution in [-0.4, -0.2) is 37.0 Å². The number of anilines is 1. The van der Waals surface area contributed by atoms with Gasteiger partial charge in [0.25, 0.3) is 0 Å². The fourth-order valence-corrected chi connectivity index (χ4v) is 2.04. The average Bonchev–Trinajstić information content (AvgIpc) is 2.56. The van der Waals surface area contributed by atoms with Crippen LogP contribution in [0, 0.1) is 0 Å². The van der Waals surface area contributed by atoms with Crippen molar-refractivity contribution in [2.24, 2.45) is 10.7 Å². The number of rotatable bonds is 7. The second-order valence-electron chi connectivity index (χ2n) is 5.91. The number of nitrogens with zero attached hydrogens (tertiary/aromatic N) is 2. The van der Waals surface area contributed by atoms with Gasteiger partial charge < -0.3 is 20.7 Å². The molecule has 0 atom stereocenters. The lowest BCUT2D eigenvalue weighted by atomic mass is 10.3. The van der Waals surface area contributed by atoms with Crippen molar-refractivity contribution in [2.75, 3.05) is 25.5 Å². The van der Waals surface area contributed by atoms with Crippen LogP contribution in [0.3, 0.4) is 0 Å². The average molecular weight is 326 g/mol. The second-order valence-corrected chi connectivity index (χ2v) is 5.91. The number of para-hydroxylation sites is 1. The molecule has 0 bridgehead atoms. The van der Waals surface area contributed by atoms with Gasteiger partial charge in [0.1, 0.15) is 11.5 Å². The summed E-state index contributed by atoms with van der Waals surface area (Å²) in [4.78, 5) is 6.58. The van der Waals surface area contributed by atoms with Gasteiger partial charge in [-0.2, -0.15) is 0 Å². The summed E-state index contributed by atoms with van der Waals surface area (Å²) in [5, 5.41) is 3.10. The van der Waals surface area contributed by atoms with Crippen molar-refractivity contribution in [1.82, 2.24) is 4.90 Å². The Hall–Kier alpha value is -2.53. The minimum atomic E-state index is 0.406. The zero-order valence-electron chi connectivity index (χ0n) is 14.6. The van der Waals surface area contributed by atoms with E-state index in [2.05, 4.69) is 36.1 Å². The van der Waals surface area contributed by atoms with Gasteiger partial charge in [0.2, 0.25) is 0 Å². The maximum absolute atomic E-state index is 5.95. The minimum Gasteiger partial charge on any atom is -0.457 e. The van der Waals surface area contributed by atoms with Crippen molar-refractivity contribution in [1.29, 1.82) is 0 Å². The van der Waals surface area contributed by atoms with Crippen LogP contribution in [0.4, 0.5) is 5.69 Å². The highest BCUT2D eigenvalue weighted by molar-refractivity contribution is 5.92. The van der Waals surface area contributed by atoms with Crippen molar-refractivity contribution in [3.05, 3.63) is 54.6 Å². The highest BCUT2D eigenvalue weighted by Gasteiger charge is 2.03. The third kappa shape index (κ3) is 5.93. The lowest BCUT2D eigenvalue weighted by Gasteiger charge is -2.19. The van der Waals surface area contributed by atoms with E-state index in [-0.39, 0.29) is 0 Å². The molecule has 0 aliphatic heterocycles. The first-order chi connectivity index (χ1) is 11.5. The molecular formula is C19H26N4O. The molecule has 0 amide bonds. The molecule has 0 heterocycles. The third-order valence-electron chi connectivity index (χ3n) is 3.70. The summed E-state index contributed by atoms with van der Waals surface area (Å²) < 4.78 is 5.81. The van der Waals surface area contributed by atoms with Crippen LogP contribution in [0.5, 0.6) is 11.5 Å². The van der Waals surface area contributed by atoms with E-state index in [1.807, 2.05) is 54.6 Å². The van der Waals surface area contributed by atoms with Crippen molar-refractivity contribution in [2.45, 2.75) is 19.9 Å². The van der Waals surface area contributed by atoms with Gasteiger partial charge in [-0.1, -0.05) is 24.3 Å². The predicted molar refractivity (Wildman–Crippen MR) is 101 cm³/mol. The Kier molecular flexibility index (Phi) is 6.63. The molecule has 5 heteroatoms. The Labute approximate surface area is 144 Å². The molecule has 5 nitrogen and oxygen atoms in total. The van der Waals surface area contributed by atoms with E-state index in [4.69, 9.17) is 10.5 Å². The SMILES string of the molecule is CC(C)N(C)CCN=C(N)Nc1cccc(Oc2ccccc2)c1. The van der Waals surface area contributed by atoms with E-state index >= 15 is 0 Å². The van der Waals surface area contributed by atoms with E-state index in [0.717, 1.165) is 23.7 Å².